The number of alkyl halides is 1. The monoisotopic (exact) mass is 227 g/mol. The van der Waals surface area contributed by atoms with Crippen molar-refractivity contribution in [3.8, 4) is 0 Å². The van der Waals surface area contributed by atoms with Crippen molar-refractivity contribution in [1.29, 1.82) is 0 Å². The highest BCUT2D eigenvalue weighted by molar-refractivity contribution is 6.20. The largest absolute Gasteiger partial charge is 0.442 e. The Morgan fingerprint density at radius 1 is 1.53 bits per heavy atom. The van der Waals surface area contributed by atoms with Gasteiger partial charge in [0.25, 0.3) is 0 Å². The van der Waals surface area contributed by atoms with Crippen molar-refractivity contribution in [2.24, 2.45) is 0 Å². The number of carbonyl (C=O) groups is 1. The van der Waals surface area contributed by atoms with E-state index in [9.17, 15) is 4.79 Å². The summed E-state index contributed by atoms with van der Waals surface area (Å²) in [5.74, 6) is -0.395. The average Bonchev–Trinajstić information content (AvgIpc) is 2.27. The molecule has 0 aliphatic carbocycles. The molecule has 4 heteroatoms. The van der Waals surface area contributed by atoms with Gasteiger partial charge in [-0.15, -0.1) is 0 Å². The van der Waals surface area contributed by atoms with Gasteiger partial charge in [0.15, 0.2) is 5.56 Å². The molecule has 82 valence electrons. The Balaban J connectivity index is 2.42. The lowest BCUT2D eigenvalue weighted by Crippen LogP contribution is -2.12. The van der Waals surface area contributed by atoms with Gasteiger partial charge < -0.3 is 4.74 Å². The smallest absolute Gasteiger partial charge is 0.339 e. The molecule has 1 aromatic heterocycles. The van der Waals surface area contributed by atoms with Crippen molar-refractivity contribution < 1.29 is 9.53 Å². The number of halogens is 1. The van der Waals surface area contributed by atoms with Gasteiger partial charge in [-0.3, -0.25) is 4.98 Å². The molecule has 1 aromatic rings. The Morgan fingerprint density at radius 2 is 2.20 bits per heavy atom. The Morgan fingerprint density at radius 3 is 2.80 bits per heavy atom. The standard InChI is InChI=1S/C11H14ClNO2/c1-2-3-4-10(12)15-11(14)9-5-7-13-8-6-9/h5-8,10H,2-4H2,1H3. The summed E-state index contributed by atoms with van der Waals surface area (Å²) in [4.78, 5) is 15.3. The van der Waals surface area contributed by atoms with E-state index in [1.807, 2.05) is 0 Å². The van der Waals surface area contributed by atoms with Gasteiger partial charge in [-0.05, 0) is 25.0 Å². The van der Waals surface area contributed by atoms with E-state index in [1.54, 1.807) is 24.5 Å². The molecule has 0 aliphatic heterocycles. The number of unbranched alkanes of at least 4 members (excludes halogenated alkanes) is 1. The number of esters is 1. The first-order valence-electron chi connectivity index (χ1n) is 4.99. The highest BCUT2D eigenvalue weighted by Gasteiger charge is 2.12. The van der Waals surface area contributed by atoms with Gasteiger partial charge in [0.2, 0.25) is 0 Å². The maximum absolute atomic E-state index is 11.5. The summed E-state index contributed by atoms with van der Waals surface area (Å²) < 4.78 is 5.04. The van der Waals surface area contributed by atoms with Gasteiger partial charge in [-0.1, -0.05) is 24.9 Å². The van der Waals surface area contributed by atoms with Crippen LogP contribution < -0.4 is 0 Å². The van der Waals surface area contributed by atoms with Crippen LogP contribution >= 0.6 is 11.6 Å². The molecule has 0 spiro atoms. The van der Waals surface area contributed by atoms with Crippen molar-refractivity contribution >= 4 is 17.6 Å². The number of carbonyl (C=O) groups excluding carboxylic acids is 1. The molecule has 0 saturated heterocycles. The number of nitrogens with zero attached hydrogens (tertiary/aromatic N) is 1. The van der Waals surface area contributed by atoms with Crippen molar-refractivity contribution in [1.82, 2.24) is 4.98 Å². The van der Waals surface area contributed by atoms with Crippen LogP contribution in [0.25, 0.3) is 0 Å². The van der Waals surface area contributed by atoms with Crippen LogP contribution in [0.1, 0.15) is 36.5 Å². The van der Waals surface area contributed by atoms with E-state index in [0.717, 1.165) is 12.8 Å². The minimum atomic E-state index is -0.536. The third-order valence-electron chi connectivity index (χ3n) is 1.94. The molecular formula is C11H14ClNO2. The van der Waals surface area contributed by atoms with E-state index in [2.05, 4.69) is 11.9 Å². The molecule has 1 unspecified atom stereocenters. The number of hydrogen-bond donors (Lipinski definition) is 0. The van der Waals surface area contributed by atoms with E-state index >= 15 is 0 Å². The van der Waals surface area contributed by atoms with Crippen molar-refractivity contribution in [3.05, 3.63) is 30.1 Å². The highest BCUT2D eigenvalue weighted by atomic mass is 35.5. The first-order chi connectivity index (χ1) is 7.24. The molecule has 0 amide bonds. The second kappa shape index (κ2) is 6.40. The molecule has 3 nitrogen and oxygen atoms in total. The Hall–Kier alpha value is -1.09. The third kappa shape index (κ3) is 4.30. The van der Waals surface area contributed by atoms with Crippen LogP contribution in [0.15, 0.2) is 24.5 Å². The molecule has 1 heterocycles. The molecule has 0 bridgehead atoms. The molecule has 1 atom stereocenters. The van der Waals surface area contributed by atoms with Crippen LogP contribution in [-0.2, 0) is 4.74 Å². The van der Waals surface area contributed by atoms with Gasteiger partial charge in [0.1, 0.15) is 0 Å². The number of ether oxygens (including phenoxy) is 1. The summed E-state index contributed by atoms with van der Waals surface area (Å²) in [7, 11) is 0. The zero-order valence-electron chi connectivity index (χ0n) is 8.65. The molecule has 0 fully saturated rings. The third-order valence-corrected chi connectivity index (χ3v) is 2.24. The number of rotatable bonds is 5. The molecule has 0 saturated carbocycles. The molecule has 0 aliphatic rings. The van der Waals surface area contributed by atoms with Crippen LogP contribution in [0.4, 0.5) is 0 Å². The minimum absolute atomic E-state index is 0.395. The lowest BCUT2D eigenvalue weighted by Gasteiger charge is -2.10. The van der Waals surface area contributed by atoms with Gasteiger partial charge >= 0.3 is 5.97 Å². The quantitative estimate of drug-likeness (QED) is 0.574. The van der Waals surface area contributed by atoms with Crippen molar-refractivity contribution in [2.75, 3.05) is 0 Å². The van der Waals surface area contributed by atoms with E-state index < -0.39 is 11.5 Å². The van der Waals surface area contributed by atoms with E-state index in [0.29, 0.717) is 12.0 Å². The van der Waals surface area contributed by atoms with Crippen LogP contribution in [0.2, 0.25) is 0 Å². The van der Waals surface area contributed by atoms with Crippen LogP contribution in [-0.4, -0.2) is 16.5 Å². The SMILES string of the molecule is CCCCC(Cl)OC(=O)c1ccncc1. The van der Waals surface area contributed by atoms with Gasteiger partial charge in [0, 0.05) is 12.4 Å². The van der Waals surface area contributed by atoms with Gasteiger partial charge in [0.05, 0.1) is 5.56 Å². The molecule has 0 radical (unpaired) electrons. The number of pyridine rings is 1. The maximum Gasteiger partial charge on any atom is 0.339 e. The highest BCUT2D eigenvalue weighted by Crippen LogP contribution is 2.11. The first kappa shape index (κ1) is 12.0. The lowest BCUT2D eigenvalue weighted by atomic mass is 10.2. The number of aromatic nitrogens is 1. The Kier molecular flexibility index (Phi) is 5.12. The summed E-state index contributed by atoms with van der Waals surface area (Å²) in [6.45, 7) is 2.06. The fourth-order valence-electron chi connectivity index (χ4n) is 1.10. The number of hydrogen-bond acceptors (Lipinski definition) is 3. The summed E-state index contributed by atoms with van der Waals surface area (Å²) >= 11 is 5.85. The van der Waals surface area contributed by atoms with Gasteiger partial charge in [-0.2, -0.15) is 0 Å². The fourth-order valence-corrected chi connectivity index (χ4v) is 1.33. The normalized spacial score (nSPS) is 12.1. The molecule has 0 aromatic carbocycles. The molecule has 15 heavy (non-hydrogen) atoms. The lowest BCUT2D eigenvalue weighted by molar-refractivity contribution is 0.0433. The van der Waals surface area contributed by atoms with E-state index in [-0.39, 0.29) is 0 Å². The average molecular weight is 228 g/mol. The predicted molar refractivity (Wildman–Crippen MR) is 58.8 cm³/mol. The second-order valence-corrected chi connectivity index (χ2v) is 3.68. The van der Waals surface area contributed by atoms with Crippen LogP contribution in [0.5, 0.6) is 0 Å². The zero-order chi connectivity index (χ0) is 11.1. The van der Waals surface area contributed by atoms with Crippen molar-refractivity contribution in [3.63, 3.8) is 0 Å². The first-order valence-corrected chi connectivity index (χ1v) is 5.42. The predicted octanol–water partition coefficient (Wildman–Crippen LogP) is 2.99. The maximum atomic E-state index is 11.5. The summed E-state index contributed by atoms with van der Waals surface area (Å²) in [6.07, 6.45) is 5.78. The molecule has 1 rings (SSSR count). The second-order valence-electron chi connectivity index (χ2n) is 3.19. The summed E-state index contributed by atoms with van der Waals surface area (Å²) in [5, 5.41) is 0. The fraction of sp³-hybridized carbons (Fsp3) is 0.455. The topological polar surface area (TPSA) is 39.2 Å². The molecule has 0 N–H and O–H groups in total. The summed E-state index contributed by atoms with van der Waals surface area (Å²) in [6, 6.07) is 3.21. The Bertz CT molecular complexity index is 303. The van der Waals surface area contributed by atoms with E-state index in [4.69, 9.17) is 16.3 Å². The van der Waals surface area contributed by atoms with Gasteiger partial charge in [-0.25, -0.2) is 4.79 Å². The van der Waals surface area contributed by atoms with E-state index in [1.165, 1.54) is 0 Å². The van der Waals surface area contributed by atoms with Crippen LogP contribution in [0, 0.1) is 0 Å². The summed E-state index contributed by atoms with van der Waals surface area (Å²) in [5.41, 5.74) is -0.0576. The zero-order valence-corrected chi connectivity index (χ0v) is 9.41. The van der Waals surface area contributed by atoms with Crippen LogP contribution in [0.3, 0.4) is 0 Å². The Labute approximate surface area is 94.4 Å². The molecular weight excluding hydrogens is 214 g/mol. The van der Waals surface area contributed by atoms with Crippen molar-refractivity contribution in [2.45, 2.75) is 31.7 Å². The minimum Gasteiger partial charge on any atom is -0.442 e.